The first-order valence-electron chi connectivity index (χ1n) is 7.50. The first-order valence-corrected chi connectivity index (χ1v) is 7.50. The Kier molecular flexibility index (Phi) is 15.7. The van der Waals surface area contributed by atoms with Gasteiger partial charge in [0.05, 0.1) is 33.0 Å². The van der Waals surface area contributed by atoms with Crippen LogP contribution in [0.5, 0.6) is 0 Å². The van der Waals surface area contributed by atoms with E-state index in [1.54, 1.807) is 0 Å². The van der Waals surface area contributed by atoms with Crippen LogP contribution in [0.25, 0.3) is 0 Å². The van der Waals surface area contributed by atoms with Gasteiger partial charge in [-0.15, -0.1) is 0 Å². The Labute approximate surface area is 118 Å². The van der Waals surface area contributed by atoms with E-state index < -0.39 is 0 Å². The van der Waals surface area contributed by atoms with Gasteiger partial charge in [-0.2, -0.15) is 0 Å². The van der Waals surface area contributed by atoms with Gasteiger partial charge in [0, 0.05) is 26.2 Å². The summed E-state index contributed by atoms with van der Waals surface area (Å²) in [6, 6.07) is 0. The highest BCUT2D eigenvalue weighted by Crippen LogP contribution is 1.89. The van der Waals surface area contributed by atoms with Crippen molar-refractivity contribution in [2.75, 3.05) is 65.8 Å². The second-order valence-electron chi connectivity index (χ2n) is 4.41. The van der Waals surface area contributed by atoms with Gasteiger partial charge in [0.15, 0.2) is 0 Å². The molecule has 0 radical (unpaired) electrons. The summed E-state index contributed by atoms with van der Waals surface area (Å²) in [6.45, 7) is 12.1. The molecule has 0 atom stereocenters. The Morgan fingerprint density at radius 1 is 0.789 bits per heavy atom. The molecule has 0 amide bonds. The van der Waals surface area contributed by atoms with Crippen LogP contribution in [0.3, 0.4) is 0 Å². The summed E-state index contributed by atoms with van der Waals surface area (Å²) >= 11 is 0. The zero-order valence-corrected chi connectivity index (χ0v) is 12.7. The van der Waals surface area contributed by atoms with Gasteiger partial charge in [-0.05, 0) is 13.0 Å². The molecule has 5 nitrogen and oxygen atoms in total. The third-order valence-electron chi connectivity index (χ3n) is 2.83. The summed E-state index contributed by atoms with van der Waals surface area (Å²) in [5, 5.41) is 0. The van der Waals surface area contributed by atoms with Crippen LogP contribution in [0.2, 0.25) is 0 Å². The van der Waals surface area contributed by atoms with Gasteiger partial charge in [-0.1, -0.05) is 20.3 Å². The molecule has 0 saturated carbocycles. The second-order valence-corrected chi connectivity index (χ2v) is 4.41. The zero-order valence-electron chi connectivity index (χ0n) is 12.7. The number of unbranched alkanes of at least 4 members (excludes halogenated alkanes) is 1. The minimum atomic E-state index is 0.639. The van der Waals surface area contributed by atoms with Gasteiger partial charge in [-0.25, -0.2) is 0 Å². The molecular formula is C14H32N2O3. The average molecular weight is 276 g/mol. The standard InChI is InChI=1S/C14H32N2O3/c1-3-5-9-17-11-13-19-14-12-18-10-8-16(4-2)7-6-15/h3-15H2,1-2H3. The average Bonchev–Trinajstić information content (AvgIpc) is 2.43. The maximum absolute atomic E-state index is 5.52. The normalized spacial score (nSPS) is 11.4. The first kappa shape index (κ1) is 18.8. The van der Waals surface area contributed by atoms with Crippen molar-refractivity contribution >= 4 is 0 Å². The van der Waals surface area contributed by atoms with E-state index in [4.69, 9.17) is 19.9 Å². The molecule has 0 aliphatic rings. The van der Waals surface area contributed by atoms with Gasteiger partial charge < -0.3 is 24.8 Å². The largest absolute Gasteiger partial charge is 0.379 e. The van der Waals surface area contributed by atoms with Crippen molar-refractivity contribution in [3.8, 4) is 0 Å². The lowest BCUT2D eigenvalue weighted by molar-refractivity contribution is 0.0105. The van der Waals surface area contributed by atoms with Crippen LogP contribution >= 0.6 is 0 Å². The monoisotopic (exact) mass is 276 g/mol. The molecule has 0 aliphatic carbocycles. The second kappa shape index (κ2) is 15.9. The SMILES string of the molecule is CCCCOCCOCCOCCN(CC)CCN. The van der Waals surface area contributed by atoms with Gasteiger partial charge in [0.2, 0.25) is 0 Å². The fourth-order valence-electron chi connectivity index (χ4n) is 1.59. The number of nitrogens with zero attached hydrogens (tertiary/aromatic N) is 1. The lowest BCUT2D eigenvalue weighted by atomic mass is 10.4. The van der Waals surface area contributed by atoms with E-state index >= 15 is 0 Å². The van der Waals surface area contributed by atoms with E-state index in [0.717, 1.165) is 39.3 Å². The molecule has 0 rings (SSSR count). The third-order valence-corrected chi connectivity index (χ3v) is 2.83. The van der Waals surface area contributed by atoms with Gasteiger partial charge in [-0.3, -0.25) is 0 Å². The summed E-state index contributed by atoms with van der Waals surface area (Å²) in [4.78, 5) is 2.28. The molecule has 5 heteroatoms. The van der Waals surface area contributed by atoms with Crippen molar-refractivity contribution < 1.29 is 14.2 Å². The summed E-state index contributed by atoms with van der Waals surface area (Å²) in [6.07, 6.45) is 2.30. The maximum Gasteiger partial charge on any atom is 0.0701 e. The molecule has 116 valence electrons. The van der Waals surface area contributed by atoms with Gasteiger partial charge in [0.1, 0.15) is 0 Å². The predicted octanol–water partition coefficient (Wildman–Crippen LogP) is 1.12. The Balaban J connectivity index is 3.09. The molecule has 0 fully saturated rings. The molecule has 0 aliphatic heterocycles. The van der Waals surface area contributed by atoms with Crippen LogP contribution < -0.4 is 5.73 Å². The summed E-state index contributed by atoms with van der Waals surface area (Å²) < 4.78 is 16.3. The van der Waals surface area contributed by atoms with Crippen molar-refractivity contribution in [3.63, 3.8) is 0 Å². The lowest BCUT2D eigenvalue weighted by Crippen LogP contribution is -2.32. The molecular weight excluding hydrogens is 244 g/mol. The number of hydrogen-bond donors (Lipinski definition) is 1. The molecule has 0 bridgehead atoms. The van der Waals surface area contributed by atoms with Crippen LogP contribution in [-0.4, -0.2) is 70.7 Å². The highest BCUT2D eigenvalue weighted by atomic mass is 16.5. The Morgan fingerprint density at radius 3 is 1.89 bits per heavy atom. The molecule has 0 spiro atoms. The first-order chi connectivity index (χ1) is 9.35. The topological polar surface area (TPSA) is 57.0 Å². The van der Waals surface area contributed by atoms with Crippen molar-refractivity contribution in [2.45, 2.75) is 26.7 Å². The van der Waals surface area contributed by atoms with Crippen LogP contribution in [-0.2, 0) is 14.2 Å². The predicted molar refractivity (Wildman–Crippen MR) is 78.5 cm³/mol. The zero-order chi connectivity index (χ0) is 14.2. The number of hydrogen-bond acceptors (Lipinski definition) is 5. The lowest BCUT2D eigenvalue weighted by Gasteiger charge is -2.18. The van der Waals surface area contributed by atoms with Crippen molar-refractivity contribution in [3.05, 3.63) is 0 Å². The molecule has 19 heavy (non-hydrogen) atoms. The minimum absolute atomic E-state index is 0.639. The van der Waals surface area contributed by atoms with E-state index in [2.05, 4.69) is 18.7 Å². The number of rotatable bonds is 15. The van der Waals surface area contributed by atoms with Crippen LogP contribution in [0.1, 0.15) is 26.7 Å². The highest BCUT2D eigenvalue weighted by molar-refractivity contribution is 4.54. The van der Waals surface area contributed by atoms with Crippen molar-refractivity contribution in [1.29, 1.82) is 0 Å². The molecule has 0 aromatic carbocycles. The quantitative estimate of drug-likeness (QED) is 0.454. The van der Waals surface area contributed by atoms with E-state index in [9.17, 15) is 0 Å². The van der Waals surface area contributed by atoms with Gasteiger partial charge in [0.25, 0.3) is 0 Å². The summed E-state index contributed by atoms with van der Waals surface area (Å²) in [5.41, 5.74) is 5.52. The van der Waals surface area contributed by atoms with Crippen LogP contribution in [0.15, 0.2) is 0 Å². The van der Waals surface area contributed by atoms with E-state index in [1.807, 2.05) is 0 Å². The van der Waals surface area contributed by atoms with Gasteiger partial charge >= 0.3 is 0 Å². The number of likely N-dealkylation sites (N-methyl/N-ethyl adjacent to an activating group) is 1. The Bertz CT molecular complexity index is 171. The summed E-state index contributed by atoms with van der Waals surface area (Å²) in [7, 11) is 0. The van der Waals surface area contributed by atoms with Crippen LogP contribution in [0.4, 0.5) is 0 Å². The number of nitrogens with two attached hydrogens (primary N) is 1. The third kappa shape index (κ3) is 14.0. The maximum atomic E-state index is 5.52. The molecule has 0 unspecified atom stereocenters. The Hall–Kier alpha value is -0.200. The number of ether oxygens (including phenoxy) is 3. The smallest absolute Gasteiger partial charge is 0.0701 e. The molecule has 0 heterocycles. The van der Waals surface area contributed by atoms with E-state index in [0.29, 0.717) is 33.0 Å². The van der Waals surface area contributed by atoms with Crippen LogP contribution in [0, 0.1) is 0 Å². The molecule has 2 N–H and O–H groups in total. The molecule has 0 aromatic heterocycles. The van der Waals surface area contributed by atoms with Crippen molar-refractivity contribution in [1.82, 2.24) is 4.90 Å². The highest BCUT2D eigenvalue weighted by Gasteiger charge is 1.99. The molecule has 0 aromatic rings. The van der Waals surface area contributed by atoms with Crippen molar-refractivity contribution in [2.24, 2.45) is 5.73 Å². The van der Waals surface area contributed by atoms with E-state index in [1.165, 1.54) is 6.42 Å². The fourth-order valence-corrected chi connectivity index (χ4v) is 1.59. The van der Waals surface area contributed by atoms with E-state index in [-0.39, 0.29) is 0 Å². The fraction of sp³-hybridized carbons (Fsp3) is 1.00. The molecule has 0 saturated heterocycles. The summed E-state index contributed by atoms with van der Waals surface area (Å²) in [5.74, 6) is 0. The Morgan fingerprint density at radius 2 is 1.37 bits per heavy atom. The minimum Gasteiger partial charge on any atom is -0.379 e.